The molecule has 116 valence electrons. The first-order valence-electron chi connectivity index (χ1n) is 7.47. The van der Waals surface area contributed by atoms with Crippen molar-refractivity contribution < 1.29 is 9.53 Å². The predicted molar refractivity (Wildman–Crippen MR) is 87.9 cm³/mol. The Morgan fingerprint density at radius 2 is 1.70 bits per heavy atom. The monoisotopic (exact) mass is 308 g/mol. The maximum absolute atomic E-state index is 12.7. The van der Waals surface area contributed by atoms with Gasteiger partial charge in [0, 0.05) is 5.39 Å². The van der Waals surface area contributed by atoms with Crippen molar-refractivity contribution in [3.63, 3.8) is 0 Å². The van der Waals surface area contributed by atoms with E-state index >= 15 is 0 Å². The highest BCUT2D eigenvalue weighted by atomic mass is 16.5. The largest absolute Gasteiger partial charge is 0.461 e. The molecule has 0 aliphatic heterocycles. The number of rotatable bonds is 4. The lowest BCUT2D eigenvalue weighted by Gasteiger charge is -2.10. The lowest BCUT2D eigenvalue weighted by Crippen LogP contribution is -2.25. The average Bonchev–Trinajstić information content (AvgIpc) is 2.61. The zero-order chi connectivity index (χ0) is 16.2. The maximum Gasteiger partial charge on any atom is 0.359 e. The molecule has 3 rings (SSSR count). The zero-order valence-electron chi connectivity index (χ0n) is 12.7. The van der Waals surface area contributed by atoms with Crippen molar-refractivity contribution in [2.24, 2.45) is 0 Å². The molecule has 0 saturated heterocycles. The van der Waals surface area contributed by atoms with Crippen LogP contribution >= 0.6 is 0 Å². The Morgan fingerprint density at radius 1 is 1.04 bits per heavy atom. The molecule has 5 heteroatoms. The van der Waals surface area contributed by atoms with Gasteiger partial charge in [0.25, 0.3) is 5.56 Å². The van der Waals surface area contributed by atoms with E-state index in [2.05, 4.69) is 5.10 Å². The maximum atomic E-state index is 12.7. The third-order valence-electron chi connectivity index (χ3n) is 3.44. The van der Waals surface area contributed by atoms with Crippen molar-refractivity contribution in [2.75, 3.05) is 6.61 Å². The fourth-order valence-electron chi connectivity index (χ4n) is 2.35. The van der Waals surface area contributed by atoms with Crippen molar-refractivity contribution >= 4 is 16.7 Å². The van der Waals surface area contributed by atoms with Crippen LogP contribution in [0.3, 0.4) is 0 Å². The molecule has 2 aromatic carbocycles. The van der Waals surface area contributed by atoms with Crippen molar-refractivity contribution in [1.82, 2.24) is 9.78 Å². The molecule has 3 aromatic rings. The standard InChI is InChI=1S/C18H16N2O3/c1-2-12-23-18(22)16-14-10-6-7-11-15(14)17(21)20(19-16)13-8-4-3-5-9-13/h3-11H,2,12H2,1H3. The first-order chi connectivity index (χ1) is 11.2. The first-order valence-corrected chi connectivity index (χ1v) is 7.47. The van der Waals surface area contributed by atoms with Gasteiger partial charge in [-0.05, 0) is 24.6 Å². The molecule has 0 bridgehead atoms. The molecular weight excluding hydrogens is 292 g/mol. The van der Waals surface area contributed by atoms with E-state index in [1.165, 1.54) is 4.68 Å². The van der Waals surface area contributed by atoms with Gasteiger partial charge < -0.3 is 4.74 Å². The number of carbonyl (C=O) groups is 1. The summed E-state index contributed by atoms with van der Waals surface area (Å²) < 4.78 is 6.44. The fraction of sp³-hybridized carbons (Fsp3) is 0.167. The number of aromatic nitrogens is 2. The van der Waals surface area contributed by atoms with E-state index in [1.807, 2.05) is 25.1 Å². The summed E-state index contributed by atoms with van der Waals surface area (Å²) in [7, 11) is 0. The number of hydrogen-bond acceptors (Lipinski definition) is 4. The van der Waals surface area contributed by atoms with Crippen LogP contribution in [0.4, 0.5) is 0 Å². The minimum absolute atomic E-state index is 0.150. The van der Waals surface area contributed by atoms with Crippen LogP contribution in [0, 0.1) is 0 Å². The summed E-state index contributed by atoms with van der Waals surface area (Å²) in [6, 6.07) is 16.0. The van der Waals surface area contributed by atoms with E-state index in [0.29, 0.717) is 23.1 Å². The van der Waals surface area contributed by atoms with Crippen LogP contribution in [-0.2, 0) is 4.74 Å². The van der Waals surface area contributed by atoms with Gasteiger partial charge in [0.15, 0.2) is 5.69 Å². The van der Waals surface area contributed by atoms with E-state index in [0.717, 1.165) is 6.42 Å². The fourth-order valence-corrected chi connectivity index (χ4v) is 2.35. The number of ether oxygens (including phenoxy) is 1. The third kappa shape index (κ3) is 2.85. The Kier molecular flexibility index (Phi) is 4.19. The highest BCUT2D eigenvalue weighted by Crippen LogP contribution is 2.16. The molecule has 0 saturated carbocycles. The van der Waals surface area contributed by atoms with Crippen LogP contribution in [0.2, 0.25) is 0 Å². The summed E-state index contributed by atoms with van der Waals surface area (Å²) in [6.45, 7) is 2.24. The van der Waals surface area contributed by atoms with Crippen molar-refractivity contribution in [2.45, 2.75) is 13.3 Å². The Balaban J connectivity index is 2.25. The first kappa shape index (κ1) is 15.0. The number of fused-ring (bicyclic) bond motifs is 1. The molecule has 0 atom stereocenters. The lowest BCUT2D eigenvalue weighted by atomic mass is 10.1. The van der Waals surface area contributed by atoms with Gasteiger partial charge >= 0.3 is 5.97 Å². The van der Waals surface area contributed by atoms with Gasteiger partial charge in [0.05, 0.1) is 17.7 Å². The normalized spacial score (nSPS) is 10.7. The molecule has 0 unspecified atom stereocenters. The Hall–Kier alpha value is -2.95. The van der Waals surface area contributed by atoms with Gasteiger partial charge in [-0.1, -0.05) is 43.3 Å². The number of para-hydroxylation sites is 1. The van der Waals surface area contributed by atoms with Gasteiger partial charge in [-0.3, -0.25) is 4.79 Å². The molecule has 23 heavy (non-hydrogen) atoms. The summed E-state index contributed by atoms with van der Waals surface area (Å²) in [5.74, 6) is -0.521. The highest BCUT2D eigenvalue weighted by molar-refractivity contribution is 6.02. The topological polar surface area (TPSA) is 61.2 Å². The summed E-state index contributed by atoms with van der Waals surface area (Å²) in [6.07, 6.45) is 0.724. The second-order valence-corrected chi connectivity index (χ2v) is 5.08. The number of esters is 1. The number of nitrogens with zero attached hydrogens (tertiary/aromatic N) is 2. The van der Waals surface area contributed by atoms with E-state index in [9.17, 15) is 9.59 Å². The lowest BCUT2D eigenvalue weighted by molar-refractivity contribution is 0.0498. The van der Waals surface area contributed by atoms with Gasteiger partial charge in [0.1, 0.15) is 0 Å². The van der Waals surface area contributed by atoms with Crippen molar-refractivity contribution in [3.8, 4) is 5.69 Å². The average molecular weight is 308 g/mol. The molecule has 1 aromatic heterocycles. The van der Waals surface area contributed by atoms with Crippen LogP contribution in [0.1, 0.15) is 23.8 Å². The molecular formula is C18H16N2O3. The van der Waals surface area contributed by atoms with Gasteiger partial charge in [-0.2, -0.15) is 9.78 Å². The molecule has 0 aliphatic rings. The van der Waals surface area contributed by atoms with Gasteiger partial charge in [0.2, 0.25) is 0 Å². The van der Waals surface area contributed by atoms with E-state index in [-0.39, 0.29) is 11.3 Å². The van der Waals surface area contributed by atoms with Crippen LogP contribution in [0.25, 0.3) is 16.5 Å². The van der Waals surface area contributed by atoms with E-state index in [4.69, 9.17) is 4.74 Å². The molecule has 0 fully saturated rings. The predicted octanol–water partition coefficient (Wildman–Crippen LogP) is 2.95. The summed E-state index contributed by atoms with van der Waals surface area (Å²) in [5, 5.41) is 5.20. The second-order valence-electron chi connectivity index (χ2n) is 5.08. The third-order valence-corrected chi connectivity index (χ3v) is 3.44. The number of benzene rings is 2. The SMILES string of the molecule is CCCOC(=O)c1nn(-c2ccccc2)c(=O)c2ccccc12. The molecule has 1 heterocycles. The molecule has 0 amide bonds. The van der Waals surface area contributed by atoms with Gasteiger partial charge in [-0.25, -0.2) is 4.79 Å². The molecule has 0 aliphatic carbocycles. The zero-order valence-corrected chi connectivity index (χ0v) is 12.7. The van der Waals surface area contributed by atoms with Crippen LogP contribution in [0.15, 0.2) is 59.4 Å². The minimum atomic E-state index is -0.521. The summed E-state index contributed by atoms with van der Waals surface area (Å²) >= 11 is 0. The summed E-state index contributed by atoms with van der Waals surface area (Å²) in [4.78, 5) is 25.0. The van der Waals surface area contributed by atoms with E-state index < -0.39 is 5.97 Å². The van der Waals surface area contributed by atoms with Gasteiger partial charge in [-0.15, -0.1) is 0 Å². The second kappa shape index (κ2) is 6.44. The smallest absolute Gasteiger partial charge is 0.359 e. The molecule has 0 radical (unpaired) electrons. The number of hydrogen-bond donors (Lipinski definition) is 0. The van der Waals surface area contributed by atoms with Crippen LogP contribution < -0.4 is 5.56 Å². The van der Waals surface area contributed by atoms with Crippen molar-refractivity contribution in [1.29, 1.82) is 0 Å². The minimum Gasteiger partial charge on any atom is -0.461 e. The molecule has 0 spiro atoms. The quantitative estimate of drug-likeness (QED) is 0.695. The molecule has 5 nitrogen and oxygen atoms in total. The molecule has 0 N–H and O–H groups in total. The Bertz CT molecular complexity index is 901. The van der Waals surface area contributed by atoms with Crippen LogP contribution in [-0.4, -0.2) is 22.4 Å². The van der Waals surface area contributed by atoms with E-state index in [1.54, 1.807) is 36.4 Å². The highest BCUT2D eigenvalue weighted by Gasteiger charge is 2.18. The Morgan fingerprint density at radius 3 is 2.39 bits per heavy atom. The van der Waals surface area contributed by atoms with Crippen LogP contribution in [0.5, 0.6) is 0 Å². The Labute approximate surface area is 133 Å². The number of carbonyl (C=O) groups excluding carboxylic acids is 1. The van der Waals surface area contributed by atoms with Crippen molar-refractivity contribution in [3.05, 3.63) is 70.6 Å². The summed E-state index contributed by atoms with van der Waals surface area (Å²) in [5.41, 5.74) is 0.490.